The molecule has 0 bridgehead atoms. The molecule has 2 rings (SSSR count). The molecule has 0 radical (unpaired) electrons. The number of aliphatic hydroxyl groups excluding tert-OH is 1. The molecule has 0 amide bonds. The predicted octanol–water partition coefficient (Wildman–Crippen LogP) is 1.66. The van der Waals surface area contributed by atoms with Gasteiger partial charge in [-0.3, -0.25) is 4.57 Å². The molecule has 0 fully saturated rings. The highest BCUT2D eigenvalue weighted by Crippen LogP contribution is 2.21. The molecule has 1 unspecified atom stereocenters. The summed E-state index contributed by atoms with van der Waals surface area (Å²) in [5.41, 5.74) is 6.53. The molecule has 0 aliphatic rings. The molecule has 0 saturated carbocycles. The highest BCUT2D eigenvalue weighted by molar-refractivity contribution is 6.30. The van der Waals surface area contributed by atoms with Crippen molar-refractivity contribution in [3.63, 3.8) is 0 Å². The Balaban J connectivity index is 2.50. The van der Waals surface area contributed by atoms with Crippen LogP contribution < -0.4 is 5.73 Å². The predicted molar refractivity (Wildman–Crippen MR) is 62.5 cm³/mol. The van der Waals surface area contributed by atoms with Gasteiger partial charge in [-0.05, 0) is 18.2 Å². The Kier molecular flexibility index (Phi) is 3.42. The number of aliphatic hydroxyl groups is 1. The normalized spacial score (nSPS) is 12.7. The second-order valence-corrected chi connectivity index (χ2v) is 4.01. The quantitative estimate of drug-likeness (QED) is 0.877. The van der Waals surface area contributed by atoms with E-state index >= 15 is 0 Å². The van der Waals surface area contributed by atoms with E-state index in [0.29, 0.717) is 16.4 Å². The smallest absolute Gasteiger partial charge is 0.148 e. The number of aromatic nitrogens is 2. The van der Waals surface area contributed by atoms with Gasteiger partial charge in [0, 0.05) is 5.02 Å². The second-order valence-electron chi connectivity index (χ2n) is 3.57. The Bertz CT molecular complexity index is 529. The van der Waals surface area contributed by atoms with E-state index < -0.39 is 11.9 Å². The number of halogens is 2. The van der Waals surface area contributed by atoms with Crippen LogP contribution in [0.3, 0.4) is 0 Å². The van der Waals surface area contributed by atoms with Crippen molar-refractivity contribution in [1.82, 2.24) is 9.55 Å². The van der Waals surface area contributed by atoms with Gasteiger partial charge in [0.1, 0.15) is 5.82 Å². The van der Waals surface area contributed by atoms with Crippen molar-refractivity contribution < 1.29 is 9.50 Å². The third-order valence-corrected chi connectivity index (χ3v) is 2.65. The van der Waals surface area contributed by atoms with Crippen LogP contribution in [0.4, 0.5) is 4.39 Å². The molecular formula is C11H11ClFN3O. The van der Waals surface area contributed by atoms with Crippen molar-refractivity contribution in [2.75, 3.05) is 6.61 Å². The zero-order valence-electron chi connectivity index (χ0n) is 8.85. The first-order valence-corrected chi connectivity index (χ1v) is 5.35. The van der Waals surface area contributed by atoms with Crippen molar-refractivity contribution in [2.24, 2.45) is 5.73 Å². The van der Waals surface area contributed by atoms with E-state index in [0.717, 1.165) is 0 Å². The van der Waals surface area contributed by atoms with E-state index in [9.17, 15) is 4.39 Å². The third-order valence-electron chi connectivity index (χ3n) is 2.41. The van der Waals surface area contributed by atoms with Crippen molar-refractivity contribution >= 4 is 11.6 Å². The van der Waals surface area contributed by atoms with E-state index in [-0.39, 0.29) is 6.61 Å². The molecule has 4 nitrogen and oxygen atoms in total. The molecule has 1 aromatic carbocycles. The molecule has 3 N–H and O–H groups in total. The first kappa shape index (κ1) is 12.0. The molecule has 2 aromatic rings. The Hall–Kier alpha value is -1.43. The summed E-state index contributed by atoms with van der Waals surface area (Å²) in [6.07, 6.45) is 2.94. The van der Waals surface area contributed by atoms with Gasteiger partial charge in [0.25, 0.3) is 0 Å². The molecule has 0 aliphatic carbocycles. The molecule has 1 atom stereocenters. The minimum Gasteiger partial charge on any atom is -0.394 e. The van der Waals surface area contributed by atoms with Crippen LogP contribution in [0.25, 0.3) is 5.69 Å². The molecule has 0 spiro atoms. The van der Waals surface area contributed by atoms with Crippen LogP contribution in [0.15, 0.2) is 30.7 Å². The number of rotatable bonds is 3. The lowest BCUT2D eigenvalue weighted by atomic mass is 10.2. The maximum absolute atomic E-state index is 13.7. The van der Waals surface area contributed by atoms with Crippen LogP contribution in [0.2, 0.25) is 5.02 Å². The topological polar surface area (TPSA) is 64.1 Å². The van der Waals surface area contributed by atoms with Gasteiger partial charge in [-0.1, -0.05) is 11.6 Å². The van der Waals surface area contributed by atoms with Crippen LogP contribution in [-0.2, 0) is 0 Å². The SMILES string of the molecule is NC(CO)c1cncn1-c1ccc(Cl)cc1F. The zero-order valence-corrected chi connectivity index (χ0v) is 9.60. The Morgan fingerprint density at radius 1 is 1.53 bits per heavy atom. The summed E-state index contributed by atoms with van der Waals surface area (Å²) >= 11 is 5.68. The van der Waals surface area contributed by atoms with Gasteiger partial charge in [0.15, 0.2) is 0 Å². The molecule has 90 valence electrons. The van der Waals surface area contributed by atoms with E-state index in [1.54, 1.807) is 6.07 Å². The third kappa shape index (κ3) is 2.31. The van der Waals surface area contributed by atoms with Gasteiger partial charge in [0.2, 0.25) is 0 Å². The monoisotopic (exact) mass is 255 g/mol. The fourth-order valence-corrected chi connectivity index (χ4v) is 1.71. The maximum Gasteiger partial charge on any atom is 0.148 e. The number of benzene rings is 1. The van der Waals surface area contributed by atoms with Crippen LogP contribution in [0.5, 0.6) is 0 Å². The lowest BCUT2D eigenvalue weighted by Crippen LogP contribution is -2.18. The molecule has 1 heterocycles. The molecule has 0 aliphatic heterocycles. The van der Waals surface area contributed by atoms with E-state index in [1.165, 1.54) is 29.2 Å². The summed E-state index contributed by atoms with van der Waals surface area (Å²) < 4.78 is 15.2. The summed E-state index contributed by atoms with van der Waals surface area (Å²) in [6.45, 7) is -0.235. The largest absolute Gasteiger partial charge is 0.394 e. The summed E-state index contributed by atoms with van der Waals surface area (Å²) in [5.74, 6) is -0.470. The first-order chi connectivity index (χ1) is 8.13. The number of nitrogens with two attached hydrogens (primary N) is 1. The summed E-state index contributed by atoms with van der Waals surface area (Å²) in [5, 5.41) is 9.33. The van der Waals surface area contributed by atoms with Crippen molar-refractivity contribution in [2.45, 2.75) is 6.04 Å². The van der Waals surface area contributed by atoms with E-state index in [4.69, 9.17) is 22.4 Å². The van der Waals surface area contributed by atoms with Crippen LogP contribution in [0, 0.1) is 5.82 Å². The van der Waals surface area contributed by atoms with Gasteiger partial charge < -0.3 is 10.8 Å². The fourth-order valence-electron chi connectivity index (χ4n) is 1.55. The average Bonchev–Trinajstić information content (AvgIpc) is 2.77. The Morgan fingerprint density at radius 3 is 2.94 bits per heavy atom. The number of hydrogen-bond acceptors (Lipinski definition) is 3. The summed E-state index contributed by atoms with van der Waals surface area (Å²) in [4.78, 5) is 3.90. The first-order valence-electron chi connectivity index (χ1n) is 4.97. The lowest BCUT2D eigenvalue weighted by molar-refractivity contribution is 0.265. The Morgan fingerprint density at radius 2 is 2.29 bits per heavy atom. The zero-order chi connectivity index (χ0) is 12.4. The van der Waals surface area contributed by atoms with Crippen LogP contribution in [-0.4, -0.2) is 21.3 Å². The van der Waals surface area contributed by atoms with Gasteiger partial charge >= 0.3 is 0 Å². The number of imidazole rings is 1. The highest BCUT2D eigenvalue weighted by Gasteiger charge is 2.14. The van der Waals surface area contributed by atoms with Crippen LogP contribution >= 0.6 is 11.6 Å². The molecule has 0 saturated heterocycles. The molecular weight excluding hydrogens is 245 g/mol. The minimum absolute atomic E-state index is 0.235. The van der Waals surface area contributed by atoms with Gasteiger partial charge in [-0.25, -0.2) is 9.37 Å². The van der Waals surface area contributed by atoms with Crippen molar-refractivity contribution in [3.05, 3.63) is 47.3 Å². The van der Waals surface area contributed by atoms with Crippen molar-refractivity contribution in [3.8, 4) is 5.69 Å². The summed E-state index contributed by atoms with van der Waals surface area (Å²) in [7, 11) is 0. The average molecular weight is 256 g/mol. The second kappa shape index (κ2) is 4.83. The van der Waals surface area contributed by atoms with E-state index in [2.05, 4.69) is 4.98 Å². The fraction of sp³-hybridized carbons (Fsp3) is 0.182. The minimum atomic E-state index is -0.604. The maximum atomic E-state index is 13.7. The van der Waals surface area contributed by atoms with Crippen LogP contribution in [0.1, 0.15) is 11.7 Å². The number of hydrogen-bond donors (Lipinski definition) is 2. The lowest BCUT2D eigenvalue weighted by Gasteiger charge is -2.13. The molecule has 6 heteroatoms. The molecule has 1 aromatic heterocycles. The van der Waals surface area contributed by atoms with E-state index in [1.807, 2.05) is 0 Å². The molecule has 17 heavy (non-hydrogen) atoms. The van der Waals surface area contributed by atoms with Crippen molar-refractivity contribution in [1.29, 1.82) is 0 Å². The standard InChI is InChI=1S/C11H11ClFN3O/c12-7-1-2-10(8(13)3-7)16-6-15-4-11(16)9(14)5-17/h1-4,6,9,17H,5,14H2. The number of nitrogens with zero attached hydrogens (tertiary/aromatic N) is 2. The van der Waals surface area contributed by atoms with Gasteiger partial charge in [0.05, 0.1) is 36.6 Å². The highest BCUT2D eigenvalue weighted by atomic mass is 35.5. The van der Waals surface area contributed by atoms with Gasteiger partial charge in [-0.15, -0.1) is 0 Å². The summed E-state index contributed by atoms with van der Waals surface area (Å²) in [6, 6.07) is 3.72. The Labute approximate surface area is 102 Å². The van der Waals surface area contributed by atoms with Gasteiger partial charge in [-0.2, -0.15) is 0 Å².